The minimum atomic E-state index is 0.0994. The van der Waals surface area contributed by atoms with E-state index >= 15 is 0 Å². The molecule has 0 N–H and O–H groups in total. The van der Waals surface area contributed by atoms with E-state index < -0.39 is 0 Å². The van der Waals surface area contributed by atoms with Crippen LogP contribution < -0.4 is 0 Å². The normalized spacial score (nSPS) is 16.6. The topological polar surface area (TPSA) is 29.5 Å². The van der Waals surface area contributed by atoms with Gasteiger partial charge in [0.2, 0.25) is 0 Å². The molecule has 0 unspecified atom stereocenters. The molecule has 1 fully saturated rings. The molecular formula is C14H18ClNO2S. The molecule has 1 aromatic rings. The Balaban J connectivity index is 1.79. The Hall–Kier alpha value is -0.840. The Labute approximate surface area is 122 Å². The molecule has 1 aliphatic heterocycles. The SMILES string of the molecule is C=CCOCC1CCN(C(=O)c2ccc(Cl)s2)CC1. The molecule has 1 saturated heterocycles. The van der Waals surface area contributed by atoms with Gasteiger partial charge in [-0.3, -0.25) is 4.79 Å². The van der Waals surface area contributed by atoms with E-state index in [4.69, 9.17) is 16.3 Å². The largest absolute Gasteiger partial charge is 0.377 e. The fourth-order valence-corrected chi connectivity index (χ4v) is 3.22. The van der Waals surface area contributed by atoms with E-state index in [1.807, 2.05) is 4.90 Å². The Morgan fingerprint density at radius 2 is 2.26 bits per heavy atom. The number of piperidine rings is 1. The zero-order valence-corrected chi connectivity index (χ0v) is 12.4. The van der Waals surface area contributed by atoms with Gasteiger partial charge in [-0.15, -0.1) is 17.9 Å². The molecule has 19 heavy (non-hydrogen) atoms. The van der Waals surface area contributed by atoms with E-state index in [0.717, 1.165) is 37.4 Å². The molecule has 2 heterocycles. The van der Waals surface area contributed by atoms with E-state index in [1.165, 1.54) is 11.3 Å². The number of hydrogen-bond acceptors (Lipinski definition) is 3. The molecule has 0 aromatic carbocycles. The van der Waals surface area contributed by atoms with Gasteiger partial charge >= 0.3 is 0 Å². The average Bonchev–Trinajstić information content (AvgIpc) is 2.86. The van der Waals surface area contributed by atoms with Crippen molar-refractivity contribution in [2.24, 2.45) is 5.92 Å². The molecule has 0 atom stereocenters. The van der Waals surface area contributed by atoms with E-state index in [9.17, 15) is 4.79 Å². The van der Waals surface area contributed by atoms with Gasteiger partial charge in [-0.25, -0.2) is 0 Å². The summed E-state index contributed by atoms with van der Waals surface area (Å²) in [7, 11) is 0. The van der Waals surface area contributed by atoms with Crippen molar-refractivity contribution >= 4 is 28.8 Å². The average molecular weight is 300 g/mol. The summed E-state index contributed by atoms with van der Waals surface area (Å²) in [5, 5.41) is 0. The lowest BCUT2D eigenvalue weighted by atomic mass is 9.98. The van der Waals surface area contributed by atoms with Crippen LogP contribution in [-0.4, -0.2) is 37.1 Å². The number of rotatable bonds is 5. The van der Waals surface area contributed by atoms with Gasteiger partial charge in [-0.1, -0.05) is 17.7 Å². The molecular weight excluding hydrogens is 282 g/mol. The van der Waals surface area contributed by atoms with Gasteiger partial charge in [0.05, 0.1) is 15.8 Å². The third-order valence-corrected chi connectivity index (χ3v) is 4.49. The molecule has 0 radical (unpaired) electrons. The molecule has 0 aliphatic carbocycles. The third kappa shape index (κ3) is 4.06. The Kier molecular flexibility index (Phi) is 5.43. The summed E-state index contributed by atoms with van der Waals surface area (Å²) < 4.78 is 6.13. The van der Waals surface area contributed by atoms with Crippen LogP contribution in [0.2, 0.25) is 4.34 Å². The summed E-state index contributed by atoms with van der Waals surface area (Å²) in [6, 6.07) is 3.57. The first-order valence-electron chi connectivity index (χ1n) is 6.44. The lowest BCUT2D eigenvalue weighted by molar-refractivity contribution is 0.0579. The minimum absolute atomic E-state index is 0.0994. The van der Waals surface area contributed by atoms with Crippen molar-refractivity contribution in [3.63, 3.8) is 0 Å². The zero-order valence-electron chi connectivity index (χ0n) is 10.8. The van der Waals surface area contributed by atoms with Gasteiger partial charge in [0, 0.05) is 19.7 Å². The first-order valence-corrected chi connectivity index (χ1v) is 7.63. The van der Waals surface area contributed by atoms with Crippen molar-refractivity contribution < 1.29 is 9.53 Å². The van der Waals surface area contributed by atoms with Crippen LogP contribution in [0.4, 0.5) is 0 Å². The second-order valence-electron chi connectivity index (χ2n) is 4.67. The fourth-order valence-electron chi connectivity index (χ4n) is 2.21. The predicted molar refractivity (Wildman–Crippen MR) is 79.0 cm³/mol. The number of nitrogens with zero attached hydrogens (tertiary/aromatic N) is 1. The van der Waals surface area contributed by atoms with Crippen molar-refractivity contribution in [1.82, 2.24) is 4.90 Å². The van der Waals surface area contributed by atoms with Crippen molar-refractivity contribution in [2.45, 2.75) is 12.8 Å². The van der Waals surface area contributed by atoms with E-state index in [0.29, 0.717) is 16.9 Å². The third-order valence-electron chi connectivity index (χ3n) is 3.27. The number of thiophene rings is 1. The maximum absolute atomic E-state index is 12.2. The van der Waals surface area contributed by atoms with Crippen LogP contribution in [0.15, 0.2) is 24.8 Å². The minimum Gasteiger partial charge on any atom is -0.377 e. The molecule has 1 amide bonds. The highest BCUT2D eigenvalue weighted by Crippen LogP contribution is 2.25. The van der Waals surface area contributed by atoms with Crippen LogP contribution >= 0.6 is 22.9 Å². The van der Waals surface area contributed by atoms with Crippen LogP contribution in [0.5, 0.6) is 0 Å². The molecule has 0 bridgehead atoms. The summed E-state index contributed by atoms with van der Waals surface area (Å²) in [5.74, 6) is 0.651. The fraction of sp³-hybridized carbons (Fsp3) is 0.500. The van der Waals surface area contributed by atoms with Crippen LogP contribution in [0.1, 0.15) is 22.5 Å². The second kappa shape index (κ2) is 7.08. The molecule has 3 nitrogen and oxygen atoms in total. The zero-order chi connectivity index (χ0) is 13.7. The smallest absolute Gasteiger partial charge is 0.263 e. The van der Waals surface area contributed by atoms with Gasteiger partial charge in [-0.2, -0.15) is 0 Å². The number of carbonyl (C=O) groups excluding carboxylic acids is 1. The highest BCUT2D eigenvalue weighted by atomic mass is 35.5. The van der Waals surface area contributed by atoms with E-state index in [2.05, 4.69) is 6.58 Å². The molecule has 1 aliphatic rings. The van der Waals surface area contributed by atoms with Crippen LogP contribution in [0.25, 0.3) is 0 Å². The molecule has 0 spiro atoms. The molecule has 0 saturated carbocycles. The van der Waals surface area contributed by atoms with Crippen molar-refractivity contribution in [2.75, 3.05) is 26.3 Å². The predicted octanol–water partition coefficient (Wildman–Crippen LogP) is 3.46. The quantitative estimate of drug-likeness (QED) is 0.615. The van der Waals surface area contributed by atoms with Gasteiger partial charge < -0.3 is 9.64 Å². The highest BCUT2D eigenvalue weighted by Gasteiger charge is 2.24. The summed E-state index contributed by atoms with van der Waals surface area (Å²) in [6.45, 7) is 6.60. The van der Waals surface area contributed by atoms with Crippen LogP contribution in [0.3, 0.4) is 0 Å². The highest BCUT2D eigenvalue weighted by molar-refractivity contribution is 7.17. The number of halogens is 1. The van der Waals surface area contributed by atoms with E-state index in [1.54, 1.807) is 18.2 Å². The Morgan fingerprint density at radius 1 is 1.53 bits per heavy atom. The van der Waals surface area contributed by atoms with Gasteiger partial charge in [0.1, 0.15) is 0 Å². The van der Waals surface area contributed by atoms with Crippen molar-refractivity contribution in [3.05, 3.63) is 34.0 Å². The Bertz CT molecular complexity index is 438. The number of likely N-dealkylation sites (tertiary alicyclic amines) is 1. The van der Waals surface area contributed by atoms with Gasteiger partial charge in [0.15, 0.2) is 0 Å². The first kappa shape index (κ1) is 14.6. The number of ether oxygens (including phenoxy) is 1. The van der Waals surface area contributed by atoms with Crippen LogP contribution in [0, 0.1) is 5.92 Å². The van der Waals surface area contributed by atoms with Crippen LogP contribution in [-0.2, 0) is 4.74 Å². The lowest BCUT2D eigenvalue weighted by Crippen LogP contribution is -2.39. The number of carbonyl (C=O) groups is 1. The van der Waals surface area contributed by atoms with Gasteiger partial charge in [-0.05, 0) is 30.9 Å². The maximum Gasteiger partial charge on any atom is 0.263 e. The standard InChI is InChI=1S/C14H18ClNO2S/c1-2-9-18-10-11-5-7-16(8-6-11)14(17)12-3-4-13(15)19-12/h2-4,11H,1,5-10H2. The Morgan fingerprint density at radius 3 is 2.84 bits per heavy atom. The lowest BCUT2D eigenvalue weighted by Gasteiger charge is -2.31. The summed E-state index contributed by atoms with van der Waals surface area (Å²) >= 11 is 7.21. The molecule has 5 heteroatoms. The summed E-state index contributed by atoms with van der Waals surface area (Å²) in [5.41, 5.74) is 0. The number of amides is 1. The van der Waals surface area contributed by atoms with Crippen molar-refractivity contribution in [1.29, 1.82) is 0 Å². The molecule has 2 rings (SSSR count). The monoisotopic (exact) mass is 299 g/mol. The second-order valence-corrected chi connectivity index (χ2v) is 6.38. The molecule has 1 aromatic heterocycles. The summed E-state index contributed by atoms with van der Waals surface area (Å²) in [6.07, 6.45) is 3.77. The van der Waals surface area contributed by atoms with Crippen molar-refractivity contribution in [3.8, 4) is 0 Å². The summed E-state index contributed by atoms with van der Waals surface area (Å²) in [4.78, 5) is 14.9. The van der Waals surface area contributed by atoms with Gasteiger partial charge in [0.25, 0.3) is 5.91 Å². The maximum atomic E-state index is 12.2. The molecule has 104 valence electrons. The van der Waals surface area contributed by atoms with E-state index in [-0.39, 0.29) is 5.91 Å². The first-order chi connectivity index (χ1) is 9.20. The number of hydrogen-bond donors (Lipinski definition) is 0.